The van der Waals surface area contributed by atoms with Crippen molar-refractivity contribution in [2.45, 2.75) is 64.3 Å². The third-order valence-electron chi connectivity index (χ3n) is 12.5. The summed E-state index contributed by atoms with van der Waals surface area (Å²) in [5.41, 5.74) is 19.0. The zero-order valence-electron chi connectivity index (χ0n) is 31.4. The number of benzene rings is 5. The van der Waals surface area contributed by atoms with Gasteiger partial charge in [0.2, 0.25) is 0 Å². The summed E-state index contributed by atoms with van der Waals surface area (Å²) in [5.74, 6) is 2.24. The molecule has 3 aliphatic carbocycles. The van der Waals surface area contributed by atoms with Crippen molar-refractivity contribution in [2.75, 3.05) is 7.11 Å². The second kappa shape index (κ2) is 11.4. The molecular weight excluding hydrogens is 647 g/mol. The van der Waals surface area contributed by atoms with Crippen LogP contribution >= 0.6 is 0 Å². The SMILES string of the molecule is CC[n+]1cccc2c1C(OC)=CCC2c1ccc2c(c1)C(C)(C)c1cc3c(cc1-2)C(C)(C)c1cc(-c2nc4ccccc4n2-c2ccccc2)ccc1-3. The predicted molar refractivity (Wildman–Crippen MR) is 215 cm³/mol. The van der Waals surface area contributed by atoms with Gasteiger partial charge in [0.25, 0.3) is 5.69 Å². The summed E-state index contributed by atoms with van der Waals surface area (Å²) < 4.78 is 10.5. The van der Waals surface area contributed by atoms with Crippen molar-refractivity contribution in [2.24, 2.45) is 0 Å². The highest BCUT2D eigenvalue weighted by atomic mass is 16.5. The molecule has 4 nitrogen and oxygen atoms in total. The van der Waals surface area contributed by atoms with E-state index in [4.69, 9.17) is 9.72 Å². The van der Waals surface area contributed by atoms with Crippen LogP contribution < -0.4 is 4.57 Å². The Bertz CT molecular complexity index is 2680. The number of methoxy groups -OCH3 is 1. The minimum absolute atomic E-state index is 0.131. The lowest BCUT2D eigenvalue weighted by atomic mass is 9.78. The lowest BCUT2D eigenvalue weighted by molar-refractivity contribution is -0.697. The van der Waals surface area contributed by atoms with Crippen molar-refractivity contribution in [3.8, 4) is 39.3 Å². The lowest BCUT2D eigenvalue weighted by Crippen LogP contribution is -2.39. The maximum Gasteiger partial charge on any atom is 0.251 e. The molecule has 0 aliphatic heterocycles. The van der Waals surface area contributed by atoms with Crippen molar-refractivity contribution in [3.05, 3.63) is 167 Å². The van der Waals surface area contributed by atoms with Crippen LogP contribution in [0.15, 0.2) is 128 Å². The number of pyridine rings is 1. The molecule has 0 saturated carbocycles. The Kier molecular flexibility index (Phi) is 6.86. The van der Waals surface area contributed by atoms with Crippen LogP contribution in [0.5, 0.6) is 0 Å². The number of rotatable bonds is 5. The van der Waals surface area contributed by atoms with Crippen molar-refractivity contribution in [3.63, 3.8) is 0 Å². The number of fused-ring (bicyclic) bond motifs is 8. The van der Waals surface area contributed by atoms with Gasteiger partial charge in [-0.2, -0.15) is 4.57 Å². The molecule has 2 aromatic heterocycles. The van der Waals surface area contributed by atoms with Gasteiger partial charge in [0.1, 0.15) is 12.4 Å². The first kappa shape index (κ1) is 32.0. The van der Waals surface area contributed by atoms with E-state index in [-0.39, 0.29) is 16.7 Å². The van der Waals surface area contributed by atoms with Crippen LogP contribution in [0.1, 0.15) is 86.0 Å². The number of nitrogens with zero attached hydrogens (tertiary/aromatic N) is 3. The second-order valence-electron chi connectivity index (χ2n) is 16.0. The van der Waals surface area contributed by atoms with E-state index in [0.717, 1.165) is 46.8 Å². The molecule has 3 aliphatic rings. The molecule has 0 N–H and O–H groups in total. The van der Waals surface area contributed by atoms with E-state index in [1.807, 2.05) is 0 Å². The monoisotopic (exact) mass is 690 g/mol. The van der Waals surface area contributed by atoms with Gasteiger partial charge in [-0.3, -0.25) is 4.57 Å². The molecule has 2 heterocycles. The zero-order valence-corrected chi connectivity index (χ0v) is 31.4. The number of para-hydroxylation sites is 3. The Balaban J connectivity index is 1.06. The summed E-state index contributed by atoms with van der Waals surface area (Å²) in [4.78, 5) is 5.20. The Morgan fingerprint density at radius 1 is 0.717 bits per heavy atom. The molecule has 0 spiro atoms. The molecule has 0 fully saturated rings. The number of hydrogen-bond acceptors (Lipinski definition) is 2. The first-order valence-electron chi connectivity index (χ1n) is 19.0. The summed E-state index contributed by atoms with van der Waals surface area (Å²) in [6, 6.07) is 42.9. The molecule has 1 atom stereocenters. The van der Waals surface area contributed by atoms with E-state index < -0.39 is 0 Å². The summed E-state index contributed by atoms with van der Waals surface area (Å²) >= 11 is 0. The van der Waals surface area contributed by atoms with Gasteiger partial charge < -0.3 is 4.74 Å². The van der Waals surface area contributed by atoms with Gasteiger partial charge in [-0.15, -0.1) is 0 Å². The molecular formula is C49H44N3O+. The molecule has 53 heavy (non-hydrogen) atoms. The van der Waals surface area contributed by atoms with Crippen LogP contribution in [0.2, 0.25) is 0 Å². The number of hydrogen-bond donors (Lipinski definition) is 0. The second-order valence-corrected chi connectivity index (χ2v) is 16.0. The topological polar surface area (TPSA) is 30.9 Å². The molecule has 7 aromatic rings. The lowest BCUT2D eigenvalue weighted by Gasteiger charge is -2.26. The highest BCUT2D eigenvalue weighted by Crippen LogP contribution is 2.57. The molecule has 4 heteroatoms. The Labute approximate surface area is 312 Å². The number of aromatic nitrogens is 3. The van der Waals surface area contributed by atoms with Crippen LogP contribution in [0.4, 0.5) is 0 Å². The molecule has 0 radical (unpaired) electrons. The molecule has 0 saturated heterocycles. The van der Waals surface area contributed by atoms with Gasteiger partial charge in [0.05, 0.1) is 18.1 Å². The van der Waals surface area contributed by atoms with E-state index in [2.05, 4.69) is 171 Å². The zero-order chi connectivity index (χ0) is 36.2. The standard InChI is InChI=1S/C49H44N3O/c1-7-51-25-13-16-36-33(23-24-45(53-6)46(36)51)30-19-21-34-37-28-42-38(29-41(37)48(2,3)39(34)26-30)35-22-20-31(27-40(35)49(42,4)5)47-50-43-17-11-12-18-44(43)52(47)32-14-9-8-10-15-32/h8-22,24-29,33H,7,23H2,1-6H3/q+1. The third kappa shape index (κ3) is 4.48. The molecule has 10 rings (SSSR count). The Hall–Kier alpha value is -5.74. The van der Waals surface area contributed by atoms with Crippen LogP contribution in [-0.2, 0) is 22.1 Å². The van der Waals surface area contributed by atoms with Crippen LogP contribution in [-0.4, -0.2) is 16.7 Å². The quantitative estimate of drug-likeness (QED) is 0.168. The maximum absolute atomic E-state index is 5.88. The molecule has 1 unspecified atom stereocenters. The Morgan fingerprint density at radius 2 is 1.38 bits per heavy atom. The van der Waals surface area contributed by atoms with E-state index in [1.165, 1.54) is 61.3 Å². The first-order valence-corrected chi connectivity index (χ1v) is 19.0. The number of imidazole rings is 1. The van der Waals surface area contributed by atoms with Crippen molar-refractivity contribution in [1.29, 1.82) is 0 Å². The van der Waals surface area contributed by atoms with Gasteiger partial charge >= 0.3 is 0 Å². The average molecular weight is 691 g/mol. The highest BCUT2D eigenvalue weighted by Gasteiger charge is 2.42. The highest BCUT2D eigenvalue weighted by molar-refractivity contribution is 5.91. The van der Waals surface area contributed by atoms with E-state index in [1.54, 1.807) is 7.11 Å². The minimum atomic E-state index is -0.169. The van der Waals surface area contributed by atoms with Gasteiger partial charge in [-0.25, -0.2) is 4.98 Å². The molecule has 0 bridgehead atoms. The smallest absolute Gasteiger partial charge is 0.251 e. The normalized spacial score (nSPS) is 17.1. The molecule has 5 aromatic carbocycles. The summed E-state index contributed by atoms with van der Waals surface area (Å²) in [6.07, 6.45) is 5.37. The van der Waals surface area contributed by atoms with Crippen molar-refractivity contribution in [1.82, 2.24) is 9.55 Å². The fourth-order valence-electron chi connectivity index (χ4n) is 9.74. The van der Waals surface area contributed by atoms with Gasteiger partial charge in [0.15, 0.2) is 12.0 Å². The number of ether oxygens (including phenoxy) is 1. The van der Waals surface area contributed by atoms with Crippen LogP contribution in [0, 0.1) is 0 Å². The average Bonchev–Trinajstić information content (AvgIpc) is 3.76. The Morgan fingerprint density at radius 3 is 2.09 bits per heavy atom. The molecule has 260 valence electrons. The van der Waals surface area contributed by atoms with E-state index in [0.29, 0.717) is 0 Å². The summed E-state index contributed by atoms with van der Waals surface area (Å²) in [7, 11) is 1.79. The third-order valence-corrected chi connectivity index (χ3v) is 12.5. The largest absolute Gasteiger partial charge is 0.491 e. The van der Waals surface area contributed by atoms with Gasteiger partial charge in [-0.05, 0) is 118 Å². The minimum Gasteiger partial charge on any atom is -0.491 e. The van der Waals surface area contributed by atoms with Crippen molar-refractivity contribution >= 4 is 16.8 Å². The fourth-order valence-corrected chi connectivity index (χ4v) is 9.74. The van der Waals surface area contributed by atoms with Gasteiger partial charge in [-0.1, -0.05) is 88.4 Å². The maximum atomic E-state index is 5.88. The first-order chi connectivity index (χ1) is 25.7. The van der Waals surface area contributed by atoms with Crippen LogP contribution in [0.3, 0.4) is 0 Å². The van der Waals surface area contributed by atoms with E-state index in [9.17, 15) is 0 Å². The summed E-state index contributed by atoms with van der Waals surface area (Å²) in [6.45, 7) is 12.7. The summed E-state index contributed by atoms with van der Waals surface area (Å²) in [5, 5.41) is 0. The fraction of sp³-hybridized carbons (Fsp3) is 0.224. The number of aryl methyl sites for hydroxylation is 1. The van der Waals surface area contributed by atoms with Crippen LogP contribution in [0.25, 0.3) is 56.1 Å². The van der Waals surface area contributed by atoms with Crippen molar-refractivity contribution < 1.29 is 9.30 Å². The van der Waals surface area contributed by atoms with E-state index >= 15 is 0 Å². The van der Waals surface area contributed by atoms with Gasteiger partial charge in [0, 0.05) is 39.6 Å². The predicted octanol–water partition coefficient (Wildman–Crippen LogP) is 11.1. The number of allylic oxidation sites excluding steroid dienone is 1. The molecule has 0 amide bonds.